The number of nitrogens with one attached hydrogen (secondary N) is 1. The largest absolute Gasteiger partial charge is 0.497 e. The van der Waals surface area contributed by atoms with E-state index in [1.807, 2.05) is 30.3 Å². The van der Waals surface area contributed by atoms with Gasteiger partial charge in [0.15, 0.2) is 0 Å². The van der Waals surface area contributed by atoms with Crippen LogP contribution in [0.5, 0.6) is 11.5 Å². The van der Waals surface area contributed by atoms with Crippen molar-refractivity contribution in [3.63, 3.8) is 0 Å². The van der Waals surface area contributed by atoms with E-state index in [0.29, 0.717) is 11.7 Å². The smallest absolute Gasteiger partial charge is 0.229 e. The number of ether oxygens (including phenoxy) is 2. The molecule has 0 saturated carbocycles. The highest BCUT2D eigenvalue weighted by Crippen LogP contribution is 2.31. The summed E-state index contributed by atoms with van der Waals surface area (Å²) in [5.74, 6) is 2.88. The van der Waals surface area contributed by atoms with Gasteiger partial charge in [0.1, 0.15) is 17.3 Å². The predicted octanol–water partition coefficient (Wildman–Crippen LogP) is 3.56. The van der Waals surface area contributed by atoms with Gasteiger partial charge in [-0.05, 0) is 30.3 Å². The highest BCUT2D eigenvalue weighted by Gasteiger charge is 2.19. The number of rotatable bonds is 6. The Labute approximate surface area is 170 Å². The van der Waals surface area contributed by atoms with E-state index in [0.717, 1.165) is 43.4 Å². The average Bonchev–Trinajstić information content (AvgIpc) is 2.80. The number of hydrogen-bond acceptors (Lipinski definition) is 7. The van der Waals surface area contributed by atoms with Gasteiger partial charge in [0.2, 0.25) is 5.95 Å². The van der Waals surface area contributed by atoms with Crippen LogP contribution in [0.1, 0.15) is 0 Å². The number of aromatic nitrogens is 2. The number of hydrogen-bond donors (Lipinski definition) is 1. The Morgan fingerprint density at radius 2 is 1.62 bits per heavy atom. The van der Waals surface area contributed by atoms with Gasteiger partial charge in [0, 0.05) is 44.1 Å². The predicted molar refractivity (Wildman–Crippen MR) is 116 cm³/mol. The van der Waals surface area contributed by atoms with Gasteiger partial charge >= 0.3 is 0 Å². The van der Waals surface area contributed by atoms with Gasteiger partial charge in [-0.2, -0.15) is 4.98 Å². The molecule has 1 aliphatic rings. The zero-order chi connectivity index (χ0) is 20.1. The van der Waals surface area contributed by atoms with Crippen LogP contribution in [-0.2, 0) is 0 Å². The topological polar surface area (TPSA) is 62.8 Å². The molecule has 0 aliphatic carbocycles. The lowest BCUT2D eigenvalue weighted by atomic mass is 10.2. The Morgan fingerprint density at radius 3 is 2.34 bits per heavy atom. The number of para-hydroxylation sites is 1. The zero-order valence-electron chi connectivity index (χ0n) is 16.7. The van der Waals surface area contributed by atoms with Crippen molar-refractivity contribution in [1.82, 2.24) is 9.97 Å². The fourth-order valence-electron chi connectivity index (χ4n) is 3.45. The van der Waals surface area contributed by atoms with Crippen molar-refractivity contribution in [3.05, 3.63) is 60.8 Å². The monoisotopic (exact) mass is 391 g/mol. The summed E-state index contributed by atoms with van der Waals surface area (Å²) >= 11 is 0. The Balaban J connectivity index is 1.46. The molecule has 0 amide bonds. The molecule has 0 unspecified atom stereocenters. The molecule has 0 bridgehead atoms. The summed E-state index contributed by atoms with van der Waals surface area (Å²) in [6.45, 7) is 3.74. The highest BCUT2D eigenvalue weighted by atomic mass is 16.5. The quantitative estimate of drug-likeness (QED) is 0.689. The van der Waals surface area contributed by atoms with Gasteiger partial charge in [-0.25, -0.2) is 4.98 Å². The molecular formula is C22H25N5O2. The molecule has 7 heteroatoms. The summed E-state index contributed by atoms with van der Waals surface area (Å²) in [5.41, 5.74) is 2.03. The molecule has 4 rings (SSSR count). The van der Waals surface area contributed by atoms with E-state index in [-0.39, 0.29) is 0 Å². The van der Waals surface area contributed by atoms with Crippen LogP contribution in [0.15, 0.2) is 60.8 Å². The second-order valence-corrected chi connectivity index (χ2v) is 6.74. The second-order valence-electron chi connectivity index (χ2n) is 6.74. The fraction of sp³-hybridized carbons (Fsp3) is 0.273. The van der Waals surface area contributed by atoms with E-state index >= 15 is 0 Å². The molecule has 1 saturated heterocycles. The molecule has 3 aromatic rings. The van der Waals surface area contributed by atoms with Crippen LogP contribution in [0.3, 0.4) is 0 Å². The molecule has 2 aromatic carbocycles. The Kier molecular flexibility index (Phi) is 5.65. The standard InChI is InChI=1S/C22H25N5O2/c1-28-18-8-9-20(29-2)19(16-18)24-22-23-11-10-21(25-22)27-14-12-26(13-15-27)17-6-4-3-5-7-17/h3-11,16H,12-15H2,1-2H3,(H,23,24,25). The van der Waals surface area contributed by atoms with Crippen molar-refractivity contribution >= 4 is 23.1 Å². The molecule has 1 fully saturated rings. The van der Waals surface area contributed by atoms with Crippen molar-refractivity contribution < 1.29 is 9.47 Å². The summed E-state index contributed by atoms with van der Waals surface area (Å²) in [7, 11) is 3.27. The zero-order valence-corrected chi connectivity index (χ0v) is 16.7. The maximum atomic E-state index is 5.43. The van der Waals surface area contributed by atoms with Crippen molar-refractivity contribution in [2.24, 2.45) is 0 Å². The normalized spacial score (nSPS) is 13.9. The van der Waals surface area contributed by atoms with Crippen molar-refractivity contribution in [3.8, 4) is 11.5 Å². The van der Waals surface area contributed by atoms with Gasteiger partial charge in [0.05, 0.1) is 19.9 Å². The summed E-state index contributed by atoms with van der Waals surface area (Å²) in [5, 5.41) is 3.25. The number of nitrogens with zero attached hydrogens (tertiary/aromatic N) is 4. The molecule has 1 aliphatic heterocycles. The molecule has 2 heterocycles. The van der Waals surface area contributed by atoms with E-state index < -0.39 is 0 Å². The number of benzene rings is 2. The third-order valence-corrected chi connectivity index (χ3v) is 5.02. The van der Waals surface area contributed by atoms with Gasteiger partial charge in [-0.1, -0.05) is 18.2 Å². The minimum absolute atomic E-state index is 0.527. The van der Waals surface area contributed by atoms with Crippen LogP contribution in [0.4, 0.5) is 23.1 Å². The SMILES string of the molecule is COc1ccc(OC)c(Nc2nccc(N3CCN(c4ccccc4)CC3)n2)c1. The van der Waals surface area contributed by atoms with E-state index in [1.54, 1.807) is 20.4 Å². The molecule has 1 aromatic heterocycles. The minimum Gasteiger partial charge on any atom is -0.497 e. The lowest BCUT2D eigenvalue weighted by Crippen LogP contribution is -2.46. The minimum atomic E-state index is 0.527. The number of anilines is 4. The Morgan fingerprint density at radius 1 is 0.862 bits per heavy atom. The van der Waals surface area contributed by atoms with Crippen LogP contribution < -0.4 is 24.6 Å². The molecule has 0 radical (unpaired) electrons. The lowest BCUT2D eigenvalue weighted by molar-refractivity contribution is 0.405. The summed E-state index contributed by atoms with van der Waals surface area (Å²) in [6, 6.07) is 18.1. The van der Waals surface area contributed by atoms with Crippen LogP contribution in [0.25, 0.3) is 0 Å². The molecule has 0 spiro atoms. The number of methoxy groups -OCH3 is 2. The summed E-state index contributed by atoms with van der Waals surface area (Å²) in [4.78, 5) is 13.8. The third kappa shape index (κ3) is 4.34. The first-order valence-electron chi connectivity index (χ1n) is 9.64. The van der Waals surface area contributed by atoms with Crippen LogP contribution >= 0.6 is 0 Å². The highest BCUT2D eigenvalue weighted by molar-refractivity contribution is 5.65. The maximum Gasteiger partial charge on any atom is 0.229 e. The molecule has 29 heavy (non-hydrogen) atoms. The first kappa shape index (κ1) is 18.9. The van der Waals surface area contributed by atoms with Crippen LogP contribution in [0.2, 0.25) is 0 Å². The molecule has 0 atom stereocenters. The molecule has 1 N–H and O–H groups in total. The summed E-state index contributed by atoms with van der Waals surface area (Å²) < 4.78 is 10.7. The molecular weight excluding hydrogens is 366 g/mol. The van der Waals surface area contributed by atoms with Gasteiger partial charge in [-0.15, -0.1) is 0 Å². The van der Waals surface area contributed by atoms with Crippen LogP contribution in [-0.4, -0.2) is 50.4 Å². The lowest BCUT2D eigenvalue weighted by Gasteiger charge is -2.36. The van der Waals surface area contributed by atoms with Gasteiger partial charge in [0.25, 0.3) is 0 Å². The van der Waals surface area contributed by atoms with Gasteiger partial charge < -0.3 is 24.6 Å². The van der Waals surface area contributed by atoms with Crippen molar-refractivity contribution in [2.45, 2.75) is 0 Å². The average molecular weight is 391 g/mol. The number of piperazine rings is 1. The first-order chi connectivity index (χ1) is 14.3. The first-order valence-corrected chi connectivity index (χ1v) is 9.64. The third-order valence-electron chi connectivity index (χ3n) is 5.02. The molecule has 7 nitrogen and oxygen atoms in total. The van der Waals surface area contributed by atoms with Crippen molar-refractivity contribution in [2.75, 3.05) is 55.5 Å². The van der Waals surface area contributed by atoms with Gasteiger partial charge in [-0.3, -0.25) is 0 Å². The van der Waals surface area contributed by atoms with E-state index in [2.05, 4.69) is 44.4 Å². The fourth-order valence-corrected chi connectivity index (χ4v) is 3.45. The van der Waals surface area contributed by atoms with E-state index in [9.17, 15) is 0 Å². The maximum absolute atomic E-state index is 5.43. The Bertz CT molecular complexity index is 943. The van der Waals surface area contributed by atoms with E-state index in [4.69, 9.17) is 14.5 Å². The van der Waals surface area contributed by atoms with Crippen molar-refractivity contribution in [1.29, 1.82) is 0 Å². The van der Waals surface area contributed by atoms with Crippen LogP contribution in [0, 0.1) is 0 Å². The molecule has 150 valence electrons. The second kappa shape index (κ2) is 8.68. The summed E-state index contributed by atoms with van der Waals surface area (Å²) in [6.07, 6.45) is 1.78. The Hall–Kier alpha value is -3.48. The van der Waals surface area contributed by atoms with E-state index in [1.165, 1.54) is 5.69 Å².